The number of amides is 1. The van der Waals surface area contributed by atoms with Gasteiger partial charge >= 0.3 is 5.97 Å². The zero-order valence-corrected chi connectivity index (χ0v) is 15.7. The molecular formula is C19H21NO5S. The third kappa shape index (κ3) is 5.16. The van der Waals surface area contributed by atoms with Gasteiger partial charge in [-0.1, -0.05) is 25.1 Å². The van der Waals surface area contributed by atoms with Crippen LogP contribution >= 0.6 is 0 Å². The number of benzene rings is 2. The van der Waals surface area contributed by atoms with Crippen molar-refractivity contribution in [3.05, 3.63) is 59.2 Å². The van der Waals surface area contributed by atoms with Gasteiger partial charge in [-0.25, -0.2) is 13.2 Å². The molecule has 0 bridgehead atoms. The van der Waals surface area contributed by atoms with Gasteiger partial charge < -0.3 is 10.1 Å². The molecule has 2 rings (SSSR count). The van der Waals surface area contributed by atoms with Gasteiger partial charge in [0.1, 0.15) is 0 Å². The summed E-state index contributed by atoms with van der Waals surface area (Å²) in [5.74, 6) is -1.21. The molecule has 0 unspecified atom stereocenters. The monoisotopic (exact) mass is 375 g/mol. The minimum atomic E-state index is -3.44. The zero-order valence-electron chi connectivity index (χ0n) is 14.9. The number of hydrogen-bond donors (Lipinski definition) is 1. The predicted octanol–water partition coefficient (Wildman–Crippen LogP) is 2.76. The minimum Gasteiger partial charge on any atom is -0.452 e. The smallest absolute Gasteiger partial charge is 0.338 e. The number of sulfone groups is 1. The first-order chi connectivity index (χ1) is 12.2. The second-order valence-electron chi connectivity index (χ2n) is 5.93. The van der Waals surface area contributed by atoms with Crippen LogP contribution in [0.25, 0.3) is 0 Å². The quantitative estimate of drug-likeness (QED) is 0.784. The Morgan fingerprint density at radius 2 is 1.85 bits per heavy atom. The molecule has 0 saturated heterocycles. The third-order valence-corrected chi connectivity index (χ3v) is 4.92. The predicted molar refractivity (Wildman–Crippen MR) is 99.0 cm³/mol. The van der Waals surface area contributed by atoms with Gasteiger partial charge in [-0.15, -0.1) is 0 Å². The highest BCUT2D eigenvalue weighted by atomic mass is 32.2. The van der Waals surface area contributed by atoms with Crippen LogP contribution in [0.5, 0.6) is 0 Å². The molecule has 26 heavy (non-hydrogen) atoms. The van der Waals surface area contributed by atoms with Crippen LogP contribution < -0.4 is 5.32 Å². The molecule has 0 aliphatic carbocycles. The van der Waals surface area contributed by atoms with Crippen LogP contribution in [0, 0.1) is 6.92 Å². The molecule has 0 fully saturated rings. The number of hydrogen-bond acceptors (Lipinski definition) is 5. The van der Waals surface area contributed by atoms with Gasteiger partial charge in [-0.05, 0) is 48.7 Å². The van der Waals surface area contributed by atoms with Crippen LogP contribution in [0.2, 0.25) is 0 Å². The first-order valence-corrected chi connectivity index (χ1v) is 9.96. The van der Waals surface area contributed by atoms with Crippen molar-refractivity contribution in [3.8, 4) is 0 Å². The molecule has 138 valence electrons. The summed E-state index contributed by atoms with van der Waals surface area (Å²) in [7, 11) is -3.44. The average molecular weight is 375 g/mol. The molecule has 0 spiro atoms. The van der Waals surface area contributed by atoms with Crippen molar-refractivity contribution in [3.63, 3.8) is 0 Å². The number of rotatable bonds is 6. The van der Waals surface area contributed by atoms with Crippen molar-refractivity contribution < 1.29 is 22.7 Å². The second-order valence-corrected chi connectivity index (χ2v) is 7.94. The topological polar surface area (TPSA) is 89.5 Å². The number of carbonyl (C=O) groups excluding carboxylic acids is 2. The zero-order chi connectivity index (χ0) is 19.3. The number of esters is 1. The summed E-state index contributed by atoms with van der Waals surface area (Å²) >= 11 is 0. The van der Waals surface area contributed by atoms with E-state index in [1.807, 2.05) is 25.1 Å². The van der Waals surface area contributed by atoms with E-state index >= 15 is 0 Å². The van der Waals surface area contributed by atoms with E-state index < -0.39 is 28.3 Å². The Hall–Kier alpha value is -2.67. The molecule has 1 N–H and O–H groups in total. The number of ether oxygens (including phenoxy) is 1. The van der Waals surface area contributed by atoms with Crippen LogP contribution in [-0.4, -0.2) is 33.2 Å². The van der Waals surface area contributed by atoms with Crippen LogP contribution in [0.4, 0.5) is 5.69 Å². The number of aryl methyl sites for hydroxylation is 2. The van der Waals surface area contributed by atoms with Gasteiger partial charge in [0.15, 0.2) is 16.4 Å². The van der Waals surface area contributed by atoms with E-state index in [-0.39, 0.29) is 10.5 Å². The van der Waals surface area contributed by atoms with Crippen LogP contribution in [0.15, 0.2) is 47.4 Å². The first kappa shape index (κ1) is 19.7. The summed E-state index contributed by atoms with van der Waals surface area (Å²) in [4.78, 5) is 24.2. The van der Waals surface area contributed by atoms with E-state index in [4.69, 9.17) is 4.74 Å². The van der Waals surface area contributed by atoms with Crippen LogP contribution in [-0.2, 0) is 25.8 Å². The molecule has 0 aliphatic rings. The maximum atomic E-state index is 12.2. The van der Waals surface area contributed by atoms with Crippen LogP contribution in [0.1, 0.15) is 28.4 Å². The summed E-state index contributed by atoms with van der Waals surface area (Å²) in [6.07, 6.45) is 1.90. The Balaban J connectivity index is 2.03. The largest absolute Gasteiger partial charge is 0.452 e. The molecule has 0 aromatic heterocycles. The Labute approximate surface area is 153 Å². The summed E-state index contributed by atoms with van der Waals surface area (Å²) in [6, 6.07) is 11.6. The molecular weight excluding hydrogens is 354 g/mol. The van der Waals surface area contributed by atoms with Crippen molar-refractivity contribution >= 4 is 27.4 Å². The lowest BCUT2D eigenvalue weighted by molar-refractivity contribution is -0.119. The first-order valence-electron chi connectivity index (χ1n) is 8.07. The van der Waals surface area contributed by atoms with Crippen molar-refractivity contribution in [1.29, 1.82) is 0 Å². The summed E-state index contributed by atoms with van der Waals surface area (Å²) in [5, 5.41) is 2.66. The summed E-state index contributed by atoms with van der Waals surface area (Å²) in [5.41, 5.74) is 2.39. The maximum absolute atomic E-state index is 12.2. The highest BCUT2D eigenvalue weighted by molar-refractivity contribution is 7.90. The lowest BCUT2D eigenvalue weighted by atomic mass is 10.1. The SMILES string of the molecule is CCc1cccc(NC(=O)COC(=O)c2cc(S(C)(=O)=O)ccc2C)c1. The van der Waals surface area contributed by atoms with E-state index in [2.05, 4.69) is 5.32 Å². The molecule has 2 aromatic rings. The standard InChI is InChI=1S/C19H21NO5S/c1-4-14-6-5-7-15(10-14)20-18(21)12-25-19(22)17-11-16(26(3,23)24)9-8-13(17)2/h5-11H,4,12H2,1-3H3,(H,20,21). The fourth-order valence-electron chi connectivity index (χ4n) is 2.33. The van der Waals surface area contributed by atoms with Gasteiger partial charge in [0.05, 0.1) is 10.5 Å². The van der Waals surface area contributed by atoms with Crippen molar-refractivity contribution in [2.75, 3.05) is 18.2 Å². The molecule has 6 nitrogen and oxygen atoms in total. The van der Waals surface area contributed by atoms with E-state index in [1.165, 1.54) is 18.2 Å². The maximum Gasteiger partial charge on any atom is 0.338 e. The third-order valence-electron chi connectivity index (χ3n) is 3.81. The molecule has 0 radical (unpaired) electrons. The van der Waals surface area contributed by atoms with E-state index in [0.717, 1.165) is 18.2 Å². The van der Waals surface area contributed by atoms with E-state index in [1.54, 1.807) is 13.0 Å². The number of anilines is 1. The van der Waals surface area contributed by atoms with E-state index in [9.17, 15) is 18.0 Å². The van der Waals surface area contributed by atoms with Crippen molar-refractivity contribution in [1.82, 2.24) is 0 Å². The average Bonchev–Trinajstić information content (AvgIpc) is 2.59. The van der Waals surface area contributed by atoms with Gasteiger partial charge in [0.2, 0.25) is 0 Å². The van der Waals surface area contributed by atoms with Crippen molar-refractivity contribution in [2.24, 2.45) is 0 Å². The minimum absolute atomic E-state index is 0.0240. The van der Waals surface area contributed by atoms with Gasteiger partial charge in [-0.2, -0.15) is 0 Å². The molecule has 0 heterocycles. The van der Waals surface area contributed by atoms with Crippen molar-refractivity contribution in [2.45, 2.75) is 25.2 Å². The summed E-state index contributed by atoms with van der Waals surface area (Å²) in [6.45, 7) is 3.21. The molecule has 7 heteroatoms. The summed E-state index contributed by atoms with van der Waals surface area (Å²) < 4.78 is 28.3. The Bertz CT molecular complexity index is 935. The lowest BCUT2D eigenvalue weighted by Crippen LogP contribution is -2.21. The van der Waals surface area contributed by atoms with Gasteiger partial charge in [0, 0.05) is 11.9 Å². The number of nitrogens with one attached hydrogen (secondary N) is 1. The van der Waals surface area contributed by atoms with Crippen LogP contribution in [0.3, 0.4) is 0 Å². The molecule has 0 atom stereocenters. The Morgan fingerprint density at radius 3 is 2.50 bits per heavy atom. The van der Waals surface area contributed by atoms with E-state index in [0.29, 0.717) is 11.3 Å². The Morgan fingerprint density at radius 1 is 1.12 bits per heavy atom. The molecule has 2 aromatic carbocycles. The second kappa shape index (κ2) is 8.14. The lowest BCUT2D eigenvalue weighted by Gasteiger charge is -2.10. The fraction of sp³-hybridized carbons (Fsp3) is 0.263. The number of carbonyl (C=O) groups is 2. The highest BCUT2D eigenvalue weighted by Gasteiger charge is 2.16. The molecule has 0 aliphatic heterocycles. The van der Waals surface area contributed by atoms with Gasteiger partial charge in [0.25, 0.3) is 5.91 Å². The Kier molecular flexibility index (Phi) is 6.15. The fourth-order valence-corrected chi connectivity index (χ4v) is 2.97. The molecule has 0 saturated carbocycles. The van der Waals surface area contributed by atoms with Gasteiger partial charge in [-0.3, -0.25) is 4.79 Å². The molecule has 1 amide bonds. The normalized spacial score (nSPS) is 11.0. The highest BCUT2D eigenvalue weighted by Crippen LogP contribution is 2.17.